The van der Waals surface area contributed by atoms with Gasteiger partial charge in [-0.25, -0.2) is 4.98 Å². The van der Waals surface area contributed by atoms with Gasteiger partial charge in [-0.2, -0.15) is 13.2 Å². The second-order valence-corrected chi connectivity index (χ2v) is 6.43. The highest BCUT2D eigenvalue weighted by Crippen LogP contribution is 2.28. The van der Waals surface area contributed by atoms with Crippen molar-refractivity contribution in [1.29, 1.82) is 0 Å². The molecule has 1 unspecified atom stereocenters. The highest BCUT2D eigenvalue weighted by molar-refractivity contribution is 5.83. The Morgan fingerprint density at radius 1 is 1.19 bits per heavy atom. The first kappa shape index (κ1) is 18.4. The highest BCUT2D eigenvalue weighted by Gasteiger charge is 2.39. The average Bonchev–Trinajstić information content (AvgIpc) is 2.63. The van der Waals surface area contributed by atoms with Crippen molar-refractivity contribution in [3.63, 3.8) is 0 Å². The molecule has 2 heterocycles. The lowest BCUT2D eigenvalue weighted by Crippen LogP contribution is -2.44. The molecule has 1 atom stereocenters. The molecule has 1 aromatic carbocycles. The minimum Gasteiger partial charge on any atom is -0.341 e. The lowest BCUT2D eigenvalue weighted by Gasteiger charge is -2.31. The van der Waals surface area contributed by atoms with E-state index in [2.05, 4.69) is 4.98 Å². The fourth-order valence-electron chi connectivity index (χ4n) is 3.44. The van der Waals surface area contributed by atoms with Crippen LogP contribution in [0.15, 0.2) is 29.1 Å². The van der Waals surface area contributed by atoms with E-state index in [4.69, 9.17) is 0 Å². The zero-order valence-electron chi connectivity index (χ0n) is 14.4. The van der Waals surface area contributed by atoms with Gasteiger partial charge in [-0.05, 0) is 37.8 Å². The number of aromatic nitrogens is 2. The van der Waals surface area contributed by atoms with E-state index < -0.39 is 23.5 Å². The third kappa shape index (κ3) is 3.32. The molecule has 1 saturated heterocycles. The van der Waals surface area contributed by atoms with E-state index >= 15 is 0 Å². The van der Waals surface area contributed by atoms with Crippen LogP contribution in [-0.4, -0.2) is 33.4 Å². The average molecular weight is 367 g/mol. The number of hydrogen-bond acceptors (Lipinski definition) is 3. The Balaban J connectivity index is 2.19. The number of piperidine rings is 1. The topological polar surface area (TPSA) is 55.2 Å². The summed E-state index contributed by atoms with van der Waals surface area (Å²) >= 11 is 0. The van der Waals surface area contributed by atoms with Crippen molar-refractivity contribution in [2.24, 2.45) is 0 Å². The summed E-state index contributed by atoms with van der Waals surface area (Å²) in [5.41, 5.74) is -2.47. The maximum atomic E-state index is 13.3. The molecule has 1 amide bonds. The molecule has 0 spiro atoms. The first-order valence-corrected chi connectivity index (χ1v) is 8.72. The van der Waals surface area contributed by atoms with Gasteiger partial charge in [-0.3, -0.25) is 14.2 Å². The van der Waals surface area contributed by atoms with Crippen molar-refractivity contribution in [2.75, 3.05) is 13.1 Å². The monoisotopic (exact) mass is 367 g/mol. The number of nitrogens with zero attached hydrogens (tertiary/aromatic N) is 3. The summed E-state index contributed by atoms with van der Waals surface area (Å²) in [5, 5.41) is 0. The van der Waals surface area contributed by atoms with Crippen LogP contribution < -0.4 is 5.56 Å². The predicted octanol–water partition coefficient (Wildman–Crippen LogP) is 3.38. The number of amides is 1. The summed E-state index contributed by atoms with van der Waals surface area (Å²) in [6.07, 6.45) is -1.91. The molecule has 3 rings (SSSR count). The molecule has 8 heteroatoms. The third-order valence-corrected chi connectivity index (χ3v) is 4.71. The first-order chi connectivity index (χ1) is 12.3. The van der Waals surface area contributed by atoms with Gasteiger partial charge in [0, 0.05) is 13.1 Å². The summed E-state index contributed by atoms with van der Waals surface area (Å²) < 4.78 is 40.9. The number of likely N-dealkylation sites (tertiary alicyclic amines) is 1. The molecule has 1 fully saturated rings. The molecule has 2 aromatic rings. The molecule has 26 heavy (non-hydrogen) atoms. The lowest BCUT2D eigenvalue weighted by molar-refractivity contribution is -0.143. The number of halogens is 3. The van der Waals surface area contributed by atoms with E-state index in [9.17, 15) is 22.8 Å². The van der Waals surface area contributed by atoms with Crippen molar-refractivity contribution in [3.8, 4) is 0 Å². The Bertz CT molecular complexity index is 870. The van der Waals surface area contributed by atoms with Crippen LogP contribution in [0.1, 0.15) is 44.3 Å². The fourth-order valence-corrected chi connectivity index (χ4v) is 3.44. The molecule has 140 valence electrons. The number of carbonyl (C=O) groups excluding carboxylic acids is 1. The minimum absolute atomic E-state index is 0.0457. The third-order valence-electron chi connectivity index (χ3n) is 4.71. The second kappa shape index (κ2) is 7.09. The first-order valence-electron chi connectivity index (χ1n) is 8.72. The van der Waals surface area contributed by atoms with Crippen molar-refractivity contribution in [3.05, 3.63) is 40.3 Å². The number of alkyl halides is 3. The van der Waals surface area contributed by atoms with E-state index in [-0.39, 0.29) is 23.4 Å². The summed E-state index contributed by atoms with van der Waals surface area (Å²) in [7, 11) is 0. The number of hydrogen-bond donors (Lipinski definition) is 0. The normalized spacial score (nSPS) is 16.7. The van der Waals surface area contributed by atoms with Gasteiger partial charge in [0.05, 0.1) is 11.0 Å². The fraction of sp³-hybridized carbons (Fsp3) is 0.500. The molecule has 1 aliphatic rings. The van der Waals surface area contributed by atoms with Gasteiger partial charge in [0.1, 0.15) is 6.04 Å². The summed E-state index contributed by atoms with van der Waals surface area (Å²) in [4.78, 5) is 30.7. The van der Waals surface area contributed by atoms with Crippen molar-refractivity contribution in [2.45, 2.75) is 44.8 Å². The van der Waals surface area contributed by atoms with Gasteiger partial charge >= 0.3 is 6.18 Å². The zero-order valence-corrected chi connectivity index (χ0v) is 14.4. The number of benzene rings is 1. The van der Waals surface area contributed by atoms with E-state index in [0.29, 0.717) is 13.1 Å². The van der Waals surface area contributed by atoms with Gasteiger partial charge in [-0.15, -0.1) is 0 Å². The highest BCUT2D eigenvalue weighted by atomic mass is 19.4. The summed E-state index contributed by atoms with van der Waals surface area (Å²) in [6, 6.07) is 5.13. The molecule has 0 N–H and O–H groups in total. The van der Waals surface area contributed by atoms with Crippen LogP contribution >= 0.6 is 0 Å². The van der Waals surface area contributed by atoms with Crippen LogP contribution in [0.3, 0.4) is 0 Å². The van der Waals surface area contributed by atoms with Crippen molar-refractivity contribution < 1.29 is 18.0 Å². The maximum Gasteiger partial charge on any atom is 0.438 e. The molecular formula is C18H20F3N3O2. The van der Waals surface area contributed by atoms with E-state index in [1.54, 1.807) is 24.0 Å². The Kier molecular flexibility index (Phi) is 5.02. The van der Waals surface area contributed by atoms with Gasteiger partial charge in [0.2, 0.25) is 11.6 Å². The molecule has 0 bridgehead atoms. The quantitative estimate of drug-likeness (QED) is 0.836. The second-order valence-electron chi connectivity index (χ2n) is 6.43. The largest absolute Gasteiger partial charge is 0.438 e. The molecule has 1 aliphatic heterocycles. The van der Waals surface area contributed by atoms with Crippen molar-refractivity contribution >= 4 is 16.9 Å². The molecular weight excluding hydrogens is 347 g/mol. The number of rotatable bonds is 3. The van der Waals surface area contributed by atoms with Crippen LogP contribution in [-0.2, 0) is 11.0 Å². The summed E-state index contributed by atoms with van der Waals surface area (Å²) in [5.74, 6) is -0.307. The lowest BCUT2D eigenvalue weighted by atomic mass is 10.1. The van der Waals surface area contributed by atoms with Crippen LogP contribution in [0.5, 0.6) is 0 Å². The number of fused-ring (bicyclic) bond motifs is 1. The standard InChI is InChI=1S/C18H20F3N3O2/c1-2-13(16(25)23-10-6-3-7-11-23)24-14-9-5-4-8-12(14)22-15(17(24)26)18(19,20)21/h4-5,8-9,13H,2-3,6-7,10-11H2,1H3. The Hall–Kier alpha value is -2.38. The van der Waals surface area contributed by atoms with Gasteiger partial charge < -0.3 is 4.90 Å². The molecule has 0 aliphatic carbocycles. The predicted molar refractivity (Wildman–Crippen MR) is 90.8 cm³/mol. The van der Waals surface area contributed by atoms with Crippen LogP contribution in [0.2, 0.25) is 0 Å². The SMILES string of the molecule is CCC(C(=O)N1CCCCC1)n1c(=O)c(C(F)(F)F)nc2ccccc21. The van der Waals surface area contributed by atoms with Crippen LogP contribution in [0, 0.1) is 0 Å². The van der Waals surface area contributed by atoms with E-state index in [0.717, 1.165) is 23.8 Å². The smallest absolute Gasteiger partial charge is 0.341 e. The maximum absolute atomic E-state index is 13.3. The molecule has 5 nitrogen and oxygen atoms in total. The van der Waals surface area contributed by atoms with Crippen LogP contribution in [0.25, 0.3) is 11.0 Å². The van der Waals surface area contributed by atoms with Crippen LogP contribution in [0.4, 0.5) is 13.2 Å². The molecule has 1 aromatic heterocycles. The number of para-hydroxylation sites is 2. The van der Waals surface area contributed by atoms with E-state index in [1.165, 1.54) is 12.1 Å². The van der Waals surface area contributed by atoms with Gasteiger partial charge in [0.15, 0.2) is 0 Å². The zero-order chi connectivity index (χ0) is 18.9. The molecule has 0 saturated carbocycles. The number of carbonyl (C=O) groups is 1. The van der Waals surface area contributed by atoms with E-state index in [1.807, 2.05) is 0 Å². The Morgan fingerprint density at radius 3 is 2.46 bits per heavy atom. The summed E-state index contributed by atoms with van der Waals surface area (Å²) in [6.45, 7) is 2.83. The van der Waals surface area contributed by atoms with Crippen molar-refractivity contribution in [1.82, 2.24) is 14.5 Å². The molecule has 0 radical (unpaired) electrons. The Labute approximate surface area is 148 Å². The Morgan fingerprint density at radius 2 is 1.85 bits per heavy atom. The minimum atomic E-state index is -4.88. The van der Waals surface area contributed by atoms with Gasteiger partial charge in [0.25, 0.3) is 5.56 Å². The van der Waals surface area contributed by atoms with Gasteiger partial charge in [-0.1, -0.05) is 19.1 Å².